The number of rotatable bonds is 6. The molecule has 1 amide bonds. The fraction of sp³-hybridized carbons (Fsp3) is 0.130. The van der Waals surface area contributed by atoms with E-state index in [9.17, 15) is 4.79 Å². The van der Waals surface area contributed by atoms with Crippen LogP contribution in [0.3, 0.4) is 0 Å². The van der Waals surface area contributed by atoms with Gasteiger partial charge in [0, 0.05) is 0 Å². The first kappa shape index (κ1) is 18.3. The van der Waals surface area contributed by atoms with Gasteiger partial charge in [0.2, 0.25) is 0 Å². The van der Waals surface area contributed by atoms with E-state index >= 15 is 0 Å². The SMILES string of the molecule is O=C1OC(C(c2ccccc2)c2ccccc2)C(=S)N1OCc1ccccc1. The first-order chi connectivity index (χ1) is 13.7. The Morgan fingerprint density at radius 3 is 1.89 bits per heavy atom. The van der Waals surface area contributed by atoms with Crippen molar-refractivity contribution >= 4 is 23.3 Å². The standard InChI is InChI=1S/C23H19NO3S/c25-23-24(26-16-17-10-4-1-5-11-17)22(28)21(27-23)20(18-12-6-2-7-13-18)19-14-8-3-9-15-19/h1-15,20-21H,16H2. The van der Waals surface area contributed by atoms with Gasteiger partial charge in [-0.1, -0.05) is 103 Å². The molecule has 1 atom stereocenters. The maximum Gasteiger partial charge on any atom is 0.440 e. The van der Waals surface area contributed by atoms with Crippen molar-refractivity contribution in [2.45, 2.75) is 18.6 Å². The molecular weight excluding hydrogens is 370 g/mol. The molecule has 0 aliphatic carbocycles. The monoisotopic (exact) mass is 389 g/mol. The van der Waals surface area contributed by atoms with E-state index in [0.717, 1.165) is 21.8 Å². The molecule has 1 saturated heterocycles. The summed E-state index contributed by atoms with van der Waals surface area (Å²) in [4.78, 5) is 18.5. The molecule has 0 bridgehead atoms. The predicted octanol–water partition coefficient (Wildman–Crippen LogP) is 5.10. The molecule has 28 heavy (non-hydrogen) atoms. The fourth-order valence-corrected chi connectivity index (χ4v) is 3.63. The molecule has 1 unspecified atom stereocenters. The molecular formula is C23H19NO3S. The number of ether oxygens (including phenoxy) is 1. The first-order valence-corrected chi connectivity index (χ1v) is 9.46. The Kier molecular flexibility index (Phi) is 5.46. The van der Waals surface area contributed by atoms with E-state index in [1.807, 2.05) is 91.0 Å². The number of amides is 1. The van der Waals surface area contributed by atoms with Gasteiger partial charge in [-0.2, -0.15) is 0 Å². The highest BCUT2D eigenvalue weighted by atomic mass is 32.1. The van der Waals surface area contributed by atoms with E-state index < -0.39 is 12.2 Å². The van der Waals surface area contributed by atoms with Crippen molar-refractivity contribution < 1.29 is 14.4 Å². The van der Waals surface area contributed by atoms with Gasteiger partial charge in [-0.15, -0.1) is 5.06 Å². The van der Waals surface area contributed by atoms with Crippen LogP contribution in [0.4, 0.5) is 4.79 Å². The first-order valence-electron chi connectivity index (χ1n) is 9.05. The predicted molar refractivity (Wildman–Crippen MR) is 111 cm³/mol. The van der Waals surface area contributed by atoms with Crippen LogP contribution in [0.1, 0.15) is 22.6 Å². The van der Waals surface area contributed by atoms with Crippen LogP contribution in [-0.4, -0.2) is 22.2 Å². The lowest BCUT2D eigenvalue weighted by Crippen LogP contribution is -2.33. The number of nitrogens with zero attached hydrogens (tertiary/aromatic N) is 1. The van der Waals surface area contributed by atoms with E-state index in [-0.39, 0.29) is 12.5 Å². The van der Waals surface area contributed by atoms with E-state index in [4.69, 9.17) is 21.8 Å². The topological polar surface area (TPSA) is 38.8 Å². The molecule has 1 heterocycles. The van der Waals surface area contributed by atoms with Crippen molar-refractivity contribution in [2.24, 2.45) is 0 Å². The van der Waals surface area contributed by atoms with Crippen LogP contribution in [-0.2, 0) is 16.2 Å². The lowest BCUT2D eigenvalue weighted by molar-refractivity contribution is -0.0763. The van der Waals surface area contributed by atoms with Crippen LogP contribution in [0.25, 0.3) is 0 Å². The zero-order valence-corrected chi connectivity index (χ0v) is 15.9. The van der Waals surface area contributed by atoms with Crippen LogP contribution in [0.5, 0.6) is 0 Å². The summed E-state index contributed by atoms with van der Waals surface area (Å²) in [7, 11) is 0. The number of hydroxylamine groups is 2. The van der Waals surface area contributed by atoms with Gasteiger partial charge in [0.1, 0.15) is 6.61 Å². The molecule has 3 aromatic carbocycles. The minimum Gasteiger partial charge on any atom is -0.436 e. The van der Waals surface area contributed by atoms with Crippen molar-refractivity contribution in [3.8, 4) is 0 Å². The quantitative estimate of drug-likeness (QED) is 0.550. The van der Waals surface area contributed by atoms with Gasteiger partial charge in [0.25, 0.3) is 0 Å². The van der Waals surface area contributed by atoms with Crippen LogP contribution < -0.4 is 0 Å². The molecule has 4 rings (SSSR count). The van der Waals surface area contributed by atoms with E-state index in [1.165, 1.54) is 0 Å². The Morgan fingerprint density at radius 1 is 0.857 bits per heavy atom. The smallest absolute Gasteiger partial charge is 0.436 e. The number of hydrogen-bond acceptors (Lipinski definition) is 4. The number of benzene rings is 3. The van der Waals surface area contributed by atoms with Gasteiger partial charge in [-0.3, -0.25) is 4.84 Å². The van der Waals surface area contributed by atoms with Crippen molar-refractivity contribution in [3.63, 3.8) is 0 Å². The van der Waals surface area contributed by atoms with Crippen molar-refractivity contribution in [1.82, 2.24) is 5.06 Å². The normalized spacial score (nSPS) is 16.5. The summed E-state index contributed by atoms with van der Waals surface area (Å²) in [5.41, 5.74) is 3.00. The second-order valence-electron chi connectivity index (χ2n) is 6.50. The number of hydrogen-bond donors (Lipinski definition) is 0. The van der Waals surface area contributed by atoms with Gasteiger partial charge >= 0.3 is 6.09 Å². The number of cyclic esters (lactones) is 1. The summed E-state index contributed by atoms with van der Waals surface area (Å²) < 4.78 is 5.67. The molecule has 4 nitrogen and oxygen atoms in total. The number of carbonyl (C=O) groups excluding carboxylic acids is 1. The van der Waals surface area contributed by atoms with Gasteiger partial charge in [-0.25, -0.2) is 4.79 Å². The third-order valence-corrected chi connectivity index (χ3v) is 5.06. The largest absolute Gasteiger partial charge is 0.440 e. The van der Waals surface area contributed by atoms with Gasteiger partial charge < -0.3 is 4.74 Å². The van der Waals surface area contributed by atoms with Crippen molar-refractivity contribution in [1.29, 1.82) is 0 Å². The van der Waals surface area contributed by atoms with Crippen LogP contribution >= 0.6 is 12.2 Å². The average Bonchev–Trinajstić information content (AvgIpc) is 3.02. The Bertz CT molecular complexity index is 908. The fourth-order valence-electron chi connectivity index (χ4n) is 3.32. The van der Waals surface area contributed by atoms with Gasteiger partial charge in [0.15, 0.2) is 11.1 Å². The highest BCUT2D eigenvalue weighted by Crippen LogP contribution is 2.34. The van der Waals surface area contributed by atoms with Gasteiger partial charge in [0.05, 0.1) is 5.92 Å². The molecule has 0 spiro atoms. The maximum atomic E-state index is 12.5. The van der Waals surface area contributed by atoms with Crippen molar-refractivity contribution in [2.75, 3.05) is 0 Å². The highest BCUT2D eigenvalue weighted by molar-refractivity contribution is 7.80. The van der Waals surface area contributed by atoms with E-state index in [0.29, 0.717) is 4.99 Å². The molecule has 3 aromatic rings. The second kappa shape index (κ2) is 8.33. The maximum absolute atomic E-state index is 12.5. The minimum atomic E-state index is -0.608. The van der Waals surface area contributed by atoms with E-state index in [1.54, 1.807) is 0 Å². The summed E-state index contributed by atoms with van der Waals surface area (Å²) in [6.07, 6.45) is -1.19. The Morgan fingerprint density at radius 2 is 1.36 bits per heavy atom. The molecule has 0 saturated carbocycles. The number of carbonyl (C=O) groups is 1. The van der Waals surface area contributed by atoms with Crippen LogP contribution in [0, 0.1) is 0 Å². The minimum absolute atomic E-state index is 0.204. The summed E-state index contributed by atoms with van der Waals surface area (Å²) in [6, 6.07) is 29.5. The van der Waals surface area contributed by atoms with Crippen LogP contribution in [0.15, 0.2) is 91.0 Å². The summed E-state index contributed by atoms with van der Waals surface area (Å²) in [5.74, 6) is -0.204. The third kappa shape index (κ3) is 3.81. The van der Waals surface area contributed by atoms with Gasteiger partial charge in [-0.05, 0) is 16.7 Å². The zero-order valence-electron chi connectivity index (χ0n) is 15.1. The average molecular weight is 389 g/mol. The summed E-state index contributed by atoms with van der Waals surface area (Å²) in [6.45, 7) is 0.240. The van der Waals surface area contributed by atoms with Crippen LogP contribution in [0.2, 0.25) is 0 Å². The Hall–Kier alpha value is -3.02. The molecule has 5 heteroatoms. The Balaban J connectivity index is 1.59. The summed E-state index contributed by atoms with van der Waals surface area (Å²) in [5, 5.41) is 1.10. The molecule has 1 aliphatic heterocycles. The third-order valence-electron chi connectivity index (χ3n) is 4.66. The lowest BCUT2D eigenvalue weighted by atomic mass is 9.86. The highest BCUT2D eigenvalue weighted by Gasteiger charge is 2.44. The molecule has 0 N–H and O–H groups in total. The molecule has 0 aromatic heterocycles. The Labute approximate surface area is 169 Å². The zero-order chi connectivity index (χ0) is 19.3. The lowest BCUT2D eigenvalue weighted by Gasteiger charge is -2.23. The van der Waals surface area contributed by atoms with Crippen molar-refractivity contribution in [3.05, 3.63) is 108 Å². The second-order valence-corrected chi connectivity index (χ2v) is 6.91. The van der Waals surface area contributed by atoms with E-state index in [2.05, 4.69) is 0 Å². The number of thiocarbonyl (C=S) groups is 1. The molecule has 140 valence electrons. The molecule has 1 aliphatic rings. The molecule has 0 radical (unpaired) electrons. The molecule has 1 fully saturated rings. The summed E-state index contributed by atoms with van der Waals surface area (Å²) >= 11 is 5.59.